The van der Waals surface area contributed by atoms with Crippen LogP contribution in [0.5, 0.6) is 0 Å². The molecule has 1 aliphatic rings. The topological polar surface area (TPSA) is 47.3 Å². The third kappa shape index (κ3) is 3.57. The summed E-state index contributed by atoms with van der Waals surface area (Å²) in [5.41, 5.74) is 1.92. The van der Waals surface area contributed by atoms with Crippen molar-refractivity contribution in [2.45, 2.75) is 64.1 Å². The molecule has 1 saturated heterocycles. The molecule has 0 bridgehead atoms. The van der Waals surface area contributed by atoms with Crippen molar-refractivity contribution in [1.29, 1.82) is 0 Å². The van der Waals surface area contributed by atoms with Crippen LogP contribution in [0, 0.1) is 0 Å². The Kier molecular flexibility index (Phi) is 4.31. The minimum absolute atomic E-state index is 0.0402. The predicted octanol–water partition coefficient (Wildman–Crippen LogP) is 2.71. The molecule has 2 rings (SSSR count). The van der Waals surface area contributed by atoms with Crippen LogP contribution < -0.4 is 0 Å². The van der Waals surface area contributed by atoms with E-state index in [0.717, 1.165) is 43.5 Å². The zero-order valence-electron chi connectivity index (χ0n) is 12.5. The van der Waals surface area contributed by atoms with E-state index in [4.69, 9.17) is 4.74 Å². The molecule has 19 heavy (non-hydrogen) atoms. The highest BCUT2D eigenvalue weighted by Crippen LogP contribution is 2.31. The molecule has 108 valence electrons. The number of hydrogen-bond donors (Lipinski definition) is 1. The van der Waals surface area contributed by atoms with Gasteiger partial charge in [-0.15, -0.1) is 0 Å². The van der Waals surface area contributed by atoms with Gasteiger partial charge in [0.05, 0.1) is 17.9 Å². The lowest BCUT2D eigenvalue weighted by atomic mass is 9.87. The zero-order chi connectivity index (χ0) is 14.0. The molecule has 2 unspecified atom stereocenters. The Hall–Kier alpha value is -0.870. The third-order valence-corrected chi connectivity index (χ3v) is 3.71. The summed E-state index contributed by atoms with van der Waals surface area (Å²) >= 11 is 0. The molecule has 1 aliphatic heterocycles. The van der Waals surface area contributed by atoms with Gasteiger partial charge in [0.25, 0.3) is 0 Å². The molecule has 4 nitrogen and oxygen atoms in total. The molecule has 0 aliphatic carbocycles. The van der Waals surface area contributed by atoms with E-state index in [9.17, 15) is 5.11 Å². The SMILES string of the molecule is Cn1cc(C(O)CCC2CCCO2)c(C(C)(C)C)n1. The number of aryl methyl sites for hydroxylation is 1. The van der Waals surface area contributed by atoms with E-state index in [1.807, 2.05) is 13.2 Å². The molecule has 4 heteroatoms. The zero-order valence-corrected chi connectivity index (χ0v) is 12.5. The molecule has 1 aromatic rings. The maximum Gasteiger partial charge on any atom is 0.0824 e. The van der Waals surface area contributed by atoms with Crippen molar-refractivity contribution >= 4 is 0 Å². The van der Waals surface area contributed by atoms with Gasteiger partial charge in [0.15, 0.2) is 0 Å². The number of nitrogens with zero attached hydrogens (tertiary/aromatic N) is 2. The first-order chi connectivity index (χ1) is 8.88. The van der Waals surface area contributed by atoms with E-state index in [0.29, 0.717) is 6.10 Å². The fourth-order valence-corrected chi connectivity index (χ4v) is 2.70. The molecular formula is C15H26N2O2. The number of ether oxygens (including phenoxy) is 1. The van der Waals surface area contributed by atoms with Crippen LogP contribution in [0.15, 0.2) is 6.20 Å². The van der Waals surface area contributed by atoms with Gasteiger partial charge in [-0.1, -0.05) is 20.8 Å². The second kappa shape index (κ2) is 5.63. The lowest BCUT2D eigenvalue weighted by Crippen LogP contribution is -2.17. The largest absolute Gasteiger partial charge is 0.388 e. The van der Waals surface area contributed by atoms with Crippen molar-refractivity contribution in [1.82, 2.24) is 9.78 Å². The average Bonchev–Trinajstić information content (AvgIpc) is 2.93. The van der Waals surface area contributed by atoms with Crippen molar-refractivity contribution in [3.05, 3.63) is 17.5 Å². The van der Waals surface area contributed by atoms with Crippen LogP contribution in [-0.2, 0) is 17.2 Å². The highest BCUT2D eigenvalue weighted by atomic mass is 16.5. The second-order valence-corrected chi connectivity index (χ2v) is 6.58. The van der Waals surface area contributed by atoms with E-state index in [2.05, 4.69) is 25.9 Å². The predicted molar refractivity (Wildman–Crippen MR) is 75.1 cm³/mol. The Bertz CT molecular complexity index is 414. The monoisotopic (exact) mass is 266 g/mol. The summed E-state index contributed by atoms with van der Waals surface area (Å²) in [4.78, 5) is 0. The number of aromatic nitrogens is 2. The van der Waals surface area contributed by atoms with Gasteiger partial charge in [0, 0.05) is 30.8 Å². The number of rotatable bonds is 4. The van der Waals surface area contributed by atoms with E-state index < -0.39 is 6.10 Å². The highest BCUT2D eigenvalue weighted by Gasteiger charge is 2.26. The summed E-state index contributed by atoms with van der Waals surface area (Å²) < 4.78 is 7.41. The summed E-state index contributed by atoms with van der Waals surface area (Å²) in [5, 5.41) is 14.9. The summed E-state index contributed by atoms with van der Waals surface area (Å²) in [6.07, 6.45) is 5.81. The lowest BCUT2D eigenvalue weighted by molar-refractivity contribution is 0.0808. The van der Waals surface area contributed by atoms with E-state index in [1.165, 1.54) is 0 Å². The molecule has 0 amide bonds. The lowest BCUT2D eigenvalue weighted by Gasteiger charge is -2.20. The van der Waals surface area contributed by atoms with Gasteiger partial charge in [-0.2, -0.15) is 5.10 Å². The Morgan fingerprint density at radius 3 is 2.84 bits per heavy atom. The van der Waals surface area contributed by atoms with Crippen LogP contribution in [0.3, 0.4) is 0 Å². The smallest absolute Gasteiger partial charge is 0.0824 e. The molecule has 2 heterocycles. The Labute approximate surface area is 115 Å². The summed E-state index contributed by atoms with van der Waals surface area (Å²) in [5.74, 6) is 0. The van der Waals surface area contributed by atoms with Crippen LogP contribution >= 0.6 is 0 Å². The van der Waals surface area contributed by atoms with Crippen LogP contribution in [-0.4, -0.2) is 27.6 Å². The van der Waals surface area contributed by atoms with Crippen LogP contribution in [0.4, 0.5) is 0 Å². The van der Waals surface area contributed by atoms with Gasteiger partial charge >= 0.3 is 0 Å². The van der Waals surface area contributed by atoms with Crippen molar-refractivity contribution < 1.29 is 9.84 Å². The molecule has 0 spiro atoms. The first kappa shape index (κ1) is 14.5. The minimum Gasteiger partial charge on any atom is -0.388 e. The van der Waals surface area contributed by atoms with Gasteiger partial charge in [0.2, 0.25) is 0 Å². The molecule has 2 atom stereocenters. The molecule has 0 aromatic carbocycles. The van der Waals surface area contributed by atoms with Gasteiger partial charge in [-0.3, -0.25) is 4.68 Å². The second-order valence-electron chi connectivity index (χ2n) is 6.58. The standard InChI is InChI=1S/C15H26N2O2/c1-15(2,3)14-12(10-17(4)16-14)13(18)8-7-11-6-5-9-19-11/h10-11,13,18H,5-9H2,1-4H3. The van der Waals surface area contributed by atoms with Crippen molar-refractivity contribution in [3.63, 3.8) is 0 Å². The number of hydrogen-bond acceptors (Lipinski definition) is 3. The minimum atomic E-state index is -0.438. The van der Waals surface area contributed by atoms with E-state index in [-0.39, 0.29) is 5.41 Å². The first-order valence-electron chi connectivity index (χ1n) is 7.21. The number of aliphatic hydroxyl groups excluding tert-OH is 1. The maximum absolute atomic E-state index is 10.4. The summed E-state index contributed by atoms with van der Waals surface area (Å²) in [6, 6.07) is 0. The normalized spacial score (nSPS) is 21.8. The van der Waals surface area contributed by atoms with Crippen molar-refractivity contribution in [3.8, 4) is 0 Å². The summed E-state index contributed by atoms with van der Waals surface area (Å²) in [7, 11) is 1.91. The molecule has 1 aromatic heterocycles. The molecule has 1 N–H and O–H groups in total. The van der Waals surface area contributed by atoms with Gasteiger partial charge in [-0.25, -0.2) is 0 Å². The van der Waals surface area contributed by atoms with Crippen LogP contribution in [0.25, 0.3) is 0 Å². The Balaban J connectivity index is 2.03. The van der Waals surface area contributed by atoms with Gasteiger partial charge in [0.1, 0.15) is 0 Å². The quantitative estimate of drug-likeness (QED) is 0.911. The third-order valence-electron chi connectivity index (χ3n) is 3.71. The number of aliphatic hydroxyl groups is 1. The van der Waals surface area contributed by atoms with Crippen molar-refractivity contribution in [2.75, 3.05) is 6.61 Å². The van der Waals surface area contributed by atoms with E-state index >= 15 is 0 Å². The van der Waals surface area contributed by atoms with Crippen LogP contribution in [0.1, 0.15) is 63.8 Å². The highest BCUT2D eigenvalue weighted by molar-refractivity contribution is 5.26. The first-order valence-corrected chi connectivity index (χ1v) is 7.21. The molecule has 0 radical (unpaired) electrons. The average molecular weight is 266 g/mol. The summed E-state index contributed by atoms with van der Waals surface area (Å²) in [6.45, 7) is 7.27. The molecule has 0 saturated carbocycles. The van der Waals surface area contributed by atoms with Crippen molar-refractivity contribution in [2.24, 2.45) is 7.05 Å². The fraction of sp³-hybridized carbons (Fsp3) is 0.800. The Morgan fingerprint density at radius 1 is 1.53 bits per heavy atom. The molecular weight excluding hydrogens is 240 g/mol. The fourth-order valence-electron chi connectivity index (χ4n) is 2.70. The van der Waals surface area contributed by atoms with E-state index in [1.54, 1.807) is 4.68 Å². The maximum atomic E-state index is 10.4. The van der Waals surface area contributed by atoms with Gasteiger partial charge < -0.3 is 9.84 Å². The Morgan fingerprint density at radius 2 is 2.26 bits per heavy atom. The molecule has 1 fully saturated rings. The van der Waals surface area contributed by atoms with Gasteiger partial charge in [-0.05, 0) is 25.7 Å². The van der Waals surface area contributed by atoms with Crippen LogP contribution in [0.2, 0.25) is 0 Å².